The summed E-state index contributed by atoms with van der Waals surface area (Å²) in [5.74, 6) is 1.74. The van der Waals surface area contributed by atoms with Crippen LogP contribution in [0.3, 0.4) is 0 Å². The minimum Gasteiger partial charge on any atom is -0.497 e. The first kappa shape index (κ1) is 33.2. The second-order valence-electron chi connectivity index (χ2n) is 9.97. The minimum absolute atomic E-state index is 0.0695. The van der Waals surface area contributed by atoms with Gasteiger partial charge in [0.2, 0.25) is 0 Å². The number of likely N-dealkylation sites (N-methyl/N-ethyl adjacent to an activating group) is 1. The number of benzene rings is 3. The summed E-state index contributed by atoms with van der Waals surface area (Å²) in [6.07, 6.45) is 1.41. The molecule has 1 amide bonds. The number of hydrogen-bond donors (Lipinski definition) is 2. The number of ether oxygens (including phenoxy) is 3. The third kappa shape index (κ3) is 9.92. The highest BCUT2D eigenvalue weighted by Crippen LogP contribution is 2.60. The minimum atomic E-state index is -2.80. The maximum Gasteiger partial charge on any atom is 0.272 e. The van der Waals surface area contributed by atoms with Gasteiger partial charge in [0.25, 0.3) is 11.6 Å². The van der Waals surface area contributed by atoms with Gasteiger partial charge in [0.1, 0.15) is 24.2 Å². The molecule has 232 valence electrons. The van der Waals surface area contributed by atoms with E-state index in [0.29, 0.717) is 18.7 Å². The molecule has 0 saturated heterocycles. The molecule has 0 saturated carbocycles. The molecule has 13 heteroatoms. The van der Waals surface area contributed by atoms with Gasteiger partial charge in [-0.05, 0) is 91.6 Å². The number of carbonyl (C=O) groups is 1. The van der Waals surface area contributed by atoms with Crippen molar-refractivity contribution < 1.29 is 28.1 Å². The maximum absolute atomic E-state index is 12.8. The third-order valence-electron chi connectivity index (χ3n) is 6.59. The largest absolute Gasteiger partial charge is 0.497 e. The summed E-state index contributed by atoms with van der Waals surface area (Å²) in [5, 5.41) is 1.44. The summed E-state index contributed by atoms with van der Waals surface area (Å²) < 4.78 is 29.2. The molecule has 1 aliphatic rings. The average molecular weight is 647 g/mol. The van der Waals surface area contributed by atoms with Crippen molar-refractivity contribution in [2.24, 2.45) is 0 Å². The van der Waals surface area contributed by atoms with Gasteiger partial charge >= 0.3 is 0 Å². The lowest BCUT2D eigenvalue weighted by Gasteiger charge is -2.31. The molecule has 0 spiro atoms. The number of hydrogen-bond acceptors (Lipinski definition) is 11. The van der Waals surface area contributed by atoms with Gasteiger partial charge in [0.05, 0.1) is 24.2 Å². The van der Waals surface area contributed by atoms with Crippen molar-refractivity contribution in [1.29, 1.82) is 0 Å². The Kier molecular flexibility index (Phi) is 12.7. The van der Waals surface area contributed by atoms with Crippen molar-refractivity contribution in [3.05, 3.63) is 89.5 Å². The quantitative estimate of drug-likeness (QED) is 0.147. The number of anilines is 1. The molecule has 0 fully saturated rings. The Labute approximate surface area is 262 Å². The molecule has 2 N–H and O–H groups in total. The highest BCUT2D eigenvalue weighted by molar-refractivity contribution is 8.67. The fraction of sp³-hybridized carbons (Fsp3) is 0.367. The van der Waals surface area contributed by atoms with Crippen molar-refractivity contribution in [3.8, 4) is 11.5 Å². The zero-order valence-electron chi connectivity index (χ0n) is 24.9. The number of fused-ring (bicyclic) bond motifs is 1. The van der Waals surface area contributed by atoms with E-state index in [9.17, 15) is 4.79 Å². The zero-order valence-corrected chi connectivity index (χ0v) is 27.4. The Balaban J connectivity index is 1.28. The maximum atomic E-state index is 12.8. The van der Waals surface area contributed by atoms with Crippen LogP contribution in [0.25, 0.3) is 0 Å². The van der Waals surface area contributed by atoms with Gasteiger partial charge in [-0.2, -0.15) is 0 Å². The molecule has 3 aromatic rings. The van der Waals surface area contributed by atoms with Crippen LogP contribution in [-0.4, -0.2) is 76.1 Å². The number of rotatable bonds is 17. The number of nitrogens with zero attached hydrogens (tertiary/aromatic N) is 2. The van der Waals surface area contributed by atoms with E-state index in [1.807, 2.05) is 67.5 Å². The fourth-order valence-corrected chi connectivity index (χ4v) is 7.26. The molecule has 0 aliphatic carbocycles. The van der Waals surface area contributed by atoms with Crippen LogP contribution < -0.4 is 20.4 Å². The summed E-state index contributed by atoms with van der Waals surface area (Å²) in [7, 11) is 7.14. The first-order chi connectivity index (χ1) is 20.8. The van der Waals surface area contributed by atoms with Gasteiger partial charge in [-0.15, -0.1) is 5.53 Å². The van der Waals surface area contributed by atoms with Crippen molar-refractivity contribution in [2.75, 3.05) is 59.6 Å². The lowest BCUT2D eigenvalue weighted by Crippen LogP contribution is -2.49. The fourth-order valence-electron chi connectivity index (χ4n) is 4.36. The second kappa shape index (κ2) is 16.4. The van der Waals surface area contributed by atoms with Crippen molar-refractivity contribution in [1.82, 2.24) is 15.4 Å². The molecular formula is C30H39N4O6PS2. The van der Waals surface area contributed by atoms with E-state index < -0.39 is 5.69 Å². The van der Waals surface area contributed by atoms with Gasteiger partial charge in [-0.25, -0.2) is 5.01 Å². The number of para-hydroxylation sites is 2. The Morgan fingerprint density at radius 3 is 2.60 bits per heavy atom. The number of carbonyl (C=O) groups excluding carboxylic acids is 1. The van der Waals surface area contributed by atoms with Crippen LogP contribution in [0.15, 0.2) is 72.8 Å². The summed E-state index contributed by atoms with van der Waals surface area (Å²) in [4.78, 5) is 14.9. The van der Waals surface area contributed by atoms with Crippen LogP contribution in [0, 0.1) is 0 Å². The summed E-state index contributed by atoms with van der Waals surface area (Å²) in [5.41, 5.74) is 6.73. The second-order valence-corrected chi connectivity index (χ2v) is 16.4. The first-order valence-electron chi connectivity index (χ1n) is 13.8. The molecule has 2 atom stereocenters. The summed E-state index contributed by atoms with van der Waals surface area (Å²) in [6, 6.07) is 23.5. The predicted molar refractivity (Wildman–Crippen MR) is 175 cm³/mol. The molecule has 4 rings (SSSR count). The number of nitrogens with one attached hydrogen (secondary N) is 2. The highest BCUT2D eigenvalue weighted by atomic mass is 32.9. The normalized spacial score (nSPS) is 15.0. The summed E-state index contributed by atoms with van der Waals surface area (Å²) >= 11 is 6.93. The van der Waals surface area contributed by atoms with Gasteiger partial charge in [0.15, 0.2) is 6.79 Å². The molecular weight excluding hydrogens is 607 g/mol. The molecule has 2 unspecified atom stereocenters. The molecule has 0 aromatic heterocycles. The Morgan fingerprint density at radius 1 is 1.02 bits per heavy atom. The van der Waals surface area contributed by atoms with Gasteiger partial charge in [0, 0.05) is 13.7 Å². The zero-order chi connectivity index (χ0) is 30.7. The molecule has 0 bridgehead atoms. The number of aryl methyl sites for hydroxylation is 2. The molecule has 10 nitrogen and oxygen atoms in total. The Bertz CT molecular complexity index is 1400. The standard InChI is InChI=1S/C30H39N4O6PS2/c1-33(2)19-26(20-38-29-15-8-5-11-24(29)17-16-23-10-9-12-25(18-23)36-3)39-22-40-41(42,37-4)43-21-34-30(35)27-13-6-7-14-28(27)31-32-34/h5-15,18,26,31-32H,16-17,19-22H2,1-4H3. The van der Waals surface area contributed by atoms with E-state index in [2.05, 4.69) is 29.2 Å². The Hall–Kier alpha value is -2.67. The van der Waals surface area contributed by atoms with Gasteiger partial charge < -0.3 is 29.1 Å². The van der Waals surface area contributed by atoms with Crippen molar-refractivity contribution in [3.63, 3.8) is 0 Å². The van der Waals surface area contributed by atoms with Gasteiger partial charge in [-0.3, -0.25) is 9.32 Å². The number of methoxy groups -OCH3 is 1. The molecule has 0 radical (unpaired) electrons. The van der Waals surface area contributed by atoms with Crippen LogP contribution in [-0.2, 0) is 38.4 Å². The van der Waals surface area contributed by atoms with E-state index in [-0.39, 0.29) is 24.7 Å². The number of hydrazine groups is 2. The molecule has 1 aliphatic heterocycles. The monoisotopic (exact) mass is 646 g/mol. The van der Waals surface area contributed by atoms with Crippen LogP contribution in [0.5, 0.6) is 11.5 Å². The lowest BCUT2D eigenvalue weighted by atomic mass is 10.0. The van der Waals surface area contributed by atoms with Crippen LogP contribution in [0.2, 0.25) is 0 Å². The van der Waals surface area contributed by atoms with Crippen LogP contribution >= 0.6 is 17.1 Å². The van der Waals surface area contributed by atoms with Crippen LogP contribution in [0.1, 0.15) is 21.5 Å². The highest BCUT2D eigenvalue weighted by Gasteiger charge is 2.27. The first-order valence-corrected chi connectivity index (χ1v) is 18.0. The van der Waals surface area contributed by atoms with E-state index in [4.69, 9.17) is 35.1 Å². The molecule has 1 heterocycles. The number of amides is 1. The van der Waals surface area contributed by atoms with Gasteiger partial charge in [-0.1, -0.05) is 42.5 Å². The SMILES string of the molecule is COc1cccc(CCc2ccccc2OCC(CN(C)C)OCOP(=S)(OC)SCN2NNc3ccccc3C2=O)c1. The van der Waals surface area contributed by atoms with E-state index in [1.165, 1.54) is 29.1 Å². The third-order valence-corrected chi connectivity index (χ3v) is 11.9. The van der Waals surface area contributed by atoms with Crippen LogP contribution in [0.4, 0.5) is 5.69 Å². The van der Waals surface area contributed by atoms with Crippen molar-refractivity contribution >= 4 is 40.5 Å². The van der Waals surface area contributed by atoms with Crippen molar-refractivity contribution in [2.45, 2.75) is 18.9 Å². The van der Waals surface area contributed by atoms with E-state index in [0.717, 1.165) is 35.6 Å². The topological polar surface area (TPSA) is 93.8 Å². The predicted octanol–water partition coefficient (Wildman–Crippen LogP) is 5.33. The molecule has 43 heavy (non-hydrogen) atoms. The molecule has 3 aromatic carbocycles. The Morgan fingerprint density at radius 2 is 1.81 bits per heavy atom. The summed E-state index contributed by atoms with van der Waals surface area (Å²) in [6.45, 7) is 0.882. The van der Waals surface area contributed by atoms with E-state index in [1.54, 1.807) is 13.2 Å². The van der Waals surface area contributed by atoms with E-state index >= 15 is 0 Å². The average Bonchev–Trinajstić information content (AvgIpc) is 3.02. The lowest BCUT2D eigenvalue weighted by molar-refractivity contribution is -0.0593. The smallest absolute Gasteiger partial charge is 0.272 e.